The first-order valence-corrected chi connectivity index (χ1v) is 13.4. The summed E-state index contributed by atoms with van der Waals surface area (Å²) in [6, 6.07) is 15.4. The average Bonchev–Trinajstić information content (AvgIpc) is 2.80. The van der Waals surface area contributed by atoms with E-state index in [0.29, 0.717) is 0 Å². The van der Waals surface area contributed by atoms with Crippen molar-refractivity contribution < 1.29 is 4.57 Å². The van der Waals surface area contributed by atoms with E-state index in [1.807, 2.05) is 0 Å². The van der Waals surface area contributed by atoms with E-state index in [2.05, 4.69) is 66.3 Å². The van der Waals surface area contributed by atoms with Gasteiger partial charge in [-0.1, -0.05) is 121 Å². The Labute approximate surface area is 193 Å². The molecule has 31 heavy (non-hydrogen) atoms. The Bertz CT molecular complexity index is 648. The molecule has 1 nitrogen and oxygen atoms in total. The van der Waals surface area contributed by atoms with Gasteiger partial charge in [0, 0.05) is 18.1 Å². The van der Waals surface area contributed by atoms with Crippen LogP contribution < -0.4 is 4.57 Å². The van der Waals surface area contributed by atoms with E-state index >= 15 is 0 Å². The average molecular weight is 423 g/mol. The second-order valence-corrected chi connectivity index (χ2v) is 9.39. The van der Waals surface area contributed by atoms with E-state index in [-0.39, 0.29) is 0 Å². The monoisotopic (exact) mass is 422 g/mol. The third kappa shape index (κ3) is 13.4. The lowest BCUT2D eigenvalue weighted by atomic mass is 10.0. The van der Waals surface area contributed by atoms with Gasteiger partial charge in [-0.05, 0) is 30.9 Å². The number of rotatable bonds is 19. The molecule has 0 spiro atoms. The van der Waals surface area contributed by atoms with Crippen LogP contribution in [0.4, 0.5) is 0 Å². The summed E-state index contributed by atoms with van der Waals surface area (Å²) < 4.78 is 2.38. The third-order valence-electron chi connectivity index (χ3n) is 6.46. The Morgan fingerprint density at radius 3 is 1.65 bits per heavy atom. The molecule has 0 aliphatic carbocycles. The molecule has 0 saturated carbocycles. The van der Waals surface area contributed by atoms with E-state index in [1.165, 1.54) is 114 Å². The zero-order valence-corrected chi connectivity index (χ0v) is 20.4. The Kier molecular flexibility index (Phi) is 14.9. The second kappa shape index (κ2) is 18.0. The van der Waals surface area contributed by atoms with E-state index in [1.54, 1.807) is 0 Å². The second-order valence-electron chi connectivity index (χ2n) is 9.39. The van der Waals surface area contributed by atoms with Crippen molar-refractivity contribution in [3.05, 3.63) is 66.0 Å². The fourth-order valence-electron chi connectivity index (χ4n) is 4.50. The van der Waals surface area contributed by atoms with Crippen LogP contribution in [-0.4, -0.2) is 0 Å². The Balaban J connectivity index is 1.43. The highest BCUT2D eigenvalue weighted by Gasteiger charge is 2.03. The van der Waals surface area contributed by atoms with Crippen LogP contribution in [0.25, 0.3) is 0 Å². The van der Waals surface area contributed by atoms with Crippen molar-refractivity contribution in [2.24, 2.45) is 0 Å². The Morgan fingerprint density at radius 2 is 1.03 bits per heavy atom. The number of aryl methyl sites for hydroxylation is 3. The molecule has 0 saturated heterocycles. The highest BCUT2D eigenvalue weighted by atomic mass is 14.9. The summed E-state index contributed by atoms with van der Waals surface area (Å²) in [4.78, 5) is 0. The fourth-order valence-corrected chi connectivity index (χ4v) is 4.50. The molecule has 172 valence electrons. The van der Waals surface area contributed by atoms with Crippen molar-refractivity contribution in [2.75, 3.05) is 0 Å². The van der Waals surface area contributed by atoms with Crippen molar-refractivity contribution >= 4 is 0 Å². The smallest absolute Gasteiger partial charge is 0.171 e. The van der Waals surface area contributed by atoms with Crippen LogP contribution in [0, 0.1) is 0 Å². The van der Waals surface area contributed by atoms with Gasteiger partial charge in [0.15, 0.2) is 12.4 Å². The highest BCUT2D eigenvalue weighted by Crippen LogP contribution is 2.13. The zero-order chi connectivity index (χ0) is 21.8. The summed E-state index contributed by atoms with van der Waals surface area (Å²) >= 11 is 0. The summed E-state index contributed by atoms with van der Waals surface area (Å²) in [6.45, 7) is 3.41. The van der Waals surface area contributed by atoms with Crippen molar-refractivity contribution in [3.8, 4) is 0 Å². The van der Waals surface area contributed by atoms with Crippen molar-refractivity contribution in [1.29, 1.82) is 0 Å². The molecule has 0 N–H and O–H groups in total. The molecule has 0 aliphatic rings. The normalized spacial score (nSPS) is 11.1. The quantitative estimate of drug-likeness (QED) is 0.157. The van der Waals surface area contributed by atoms with Gasteiger partial charge in [-0.2, -0.15) is 0 Å². The topological polar surface area (TPSA) is 3.88 Å². The predicted octanol–water partition coefficient (Wildman–Crippen LogP) is 8.63. The SMILES string of the molecule is CCCCCCCCCCCCCCCCc1ccc[n+](CCCc2ccccc2)c1. The van der Waals surface area contributed by atoms with E-state index in [9.17, 15) is 0 Å². The molecule has 0 aliphatic heterocycles. The molecule has 0 unspecified atom stereocenters. The van der Waals surface area contributed by atoms with Gasteiger partial charge in [0.05, 0.1) is 0 Å². The van der Waals surface area contributed by atoms with E-state index in [0.717, 1.165) is 13.0 Å². The van der Waals surface area contributed by atoms with Gasteiger partial charge in [-0.25, -0.2) is 4.57 Å². The molecule has 0 amide bonds. The van der Waals surface area contributed by atoms with Crippen molar-refractivity contribution in [3.63, 3.8) is 0 Å². The van der Waals surface area contributed by atoms with Crippen LogP contribution in [0.3, 0.4) is 0 Å². The Hall–Kier alpha value is -1.63. The van der Waals surface area contributed by atoms with Crippen LogP contribution in [0.1, 0.15) is 114 Å². The van der Waals surface area contributed by atoms with E-state index < -0.39 is 0 Å². The molecule has 0 fully saturated rings. The molecule has 0 atom stereocenters. The molecule has 2 rings (SSSR count). The molecule has 1 aromatic heterocycles. The van der Waals surface area contributed by atoms with Gasteiger partial charge in [0.2, 0.25) is 0 Å². The van der Waals surface area contributed by atoms with Crippen molar-refractivity contribution in [2.45, 2.75) is 123 Å². The van der Waals surface area contributed by atoms with Gasteiger partial charge in [-0.15, -0.1) is 0 Å². The predicted molar refractivity (Wildman–Crippen MR) is 135 cm³/mol. The van der Waals surface area contributed by atoms with Crippen molar-refractivity contribution in [1.82, 2.24) is 0 Å². The maximum Gasteiger partial charge on any atom is 0.171 e. The van der Waals surface area contributed by atoms with Crippen LogP contribution in [-0.2, 0) is 19.4 Å². The summed E-state index contributed by atoms with van der Waals surface area (Å²) in [6.07, 6.45) is 28.2. The molecule has 2 aromatic rings. The number of pyridine rings is 1. The van der Waals surface area contributed by atoms with E-state index in [4.69, 9.17) is 0 Å². The molecule has 1 heterocycles. The van der Waals surface area contributed by atoms with Gasteiger partial charge in [0.25, 0.3) is 0 Å². The standard InChI is InChI=1S/C30H48N/c1-2-3-4-5-6-7-8-9-10-11-12-13-14-16-23-30-25-20-27-31(28-30)26-19-24-29-21-17-15-18-22-29/h15,17-18,20-22,25,27-28H,2-14,16,19,23-24,26H2,1H3/q+1. The number of unbranched alkanes of at least 4 members (excludes halogenated alkanes) is 13. The summed E-state index contributed by atoms with van der Waals surface area (Å²) in [5.74, 6) is 0. The molecule has 1 heteroatoms. The number of hydrogen-bond acceptors (Lipinski definition) is 0. The summed E-state index contributed by atoms with van der Waals surface area (Å²) in [7, 11) is 0. The lowest BCUT2D eigenvalue weighted by molar-refractivity contribution is -0.697. The fraction of sp³-hybridized carbons (Fsp3) is 0.633. The number of nitrogens with zero attached hydrogens (tertiary/aromatic N) is 1. The molecular formula is C30H48N+. The maximum atomic E-state index is 2.38. The zero-order valence-electron chi connectivity index (χ0n) is 20.4. The van der Waals surface area contributed by atoms with Gasteiger partial charge in [0.1, 0.15) is 6.54 Å². The first-order chi connectivity index (χ1) is 15.4. The first-order valence-electron chi connectivity index (χ1n) is 13.4. The minimum Gasteiger partial charge on any atom is -0.205 e. The minimum absolute atomic E-state index is 1.11. The number of benzene rings is 1. The molecule has 1 aromatic carbocycles. The maximum absolute atomic E-state index is 2.38. The van der Waals surface area contributed by atoms with Crippen LogP contribution in [0.5, 0.6) is 0 Å². The largest absolute Gasteiger partial charge is 0.205 e. The lowest BCUT2D eigenvalue weighted by Crippen LogP contribution is -2.33. The van der Waals surface area contributed by atoms with Gasteiger partial charge >= 0.3 is 0 Å². The van der Waals surface area contributed by atoms with Crippen LogP contribution >= 0.6 is 0 Å². The molecule has 0 bridgehead atoms. The van der Waals surface area contributed by atoms with Gasteiger partial charge in [-0.3, -0.25) is 0 Å². The number of aromatic nitrogens is 1. The van der Waals surface area contributed by atoms with Gasteiger partial charge < -0.3 is 0 Å². The molecular weight excluding hydrogens is 374 g/mol. The minimum atomic E-state index is 1.11. The van der Waals surface area contributed by atoms with Crippen LogP contribution in [0.15, 0.2) is 54.9 Å². The summed E-state index contributed by atoms with van der Waals surface area (Å²) in [5, 5.41) is 0. The summed E-state index contributed by atoms with van der Waals surface area (Å²) in [5.41, 5.74) is 2.95. The first kappa shape index (κ1) is 25.6. The highest BCUT2D eigenvalue weighted by molar-refractivity contribution is 5.14. The lowest BCUT2D eigenvalue weighted by Gasteiger charge is -2.04. The molecule has 0 radical (unpaired) electrons. The number of hydrogen-bond donors (Lipinski definition) is 0. The third-order valence-corrected chi connectivity index (χ3v) is 6.46. The van der Waals surface area contributed by atoms with Crippen LogP contribution in [0.2, 0.25) is 0 Å². The Morgan fingerprint density at radius 1 is 0.516 bits per heavy atom.